The Kier molecular flexibility index (Phi) is 12.9. The molecule has 1 saturated heterocycles. The van der Waals surface area contributed by atoms with Crippen molar-refractivity contribution in [3.63, 3.8) is 0 Å². The predicted molar refractivity (Wildman–Crippen MR) is 187 cm³/mol. The van der Waals surface area contributed by atoms with E-state index in [2.05, 4.69) is 49.4 Å². The molecule has 254 valence electrons. The van der Waals surface area contributed by atoms with E-state index < -0.39 is 11.0 Å². The molecule has 9 heteroatoms. The van der Waals surface area contributed by atoms with Gasteiger partial charge in [0.05, 0.1) is 25.5 Å². The Labute approximate surface area is 283 Å². The fourth-order valence-corrected chi connectivity index (χ4v) is 8.36. The summed E-state index contributed by atoms with van der Waals surface area (Å²) in [6.07, 6.45) is 8.34. The average Bonchev–Trinajstić information content (AvgIpc) is 3.23. The lowest BCUT2D eigenvalue weighted by Crippen LogP contribution is -2.42. The van der Waals surface area contributed by atoms with Gasteiger partial charge in [-0.05, 0) is 97.2 Å². The van der Waals surface area contributed by atoms with Gasteiger partial charge < -0.3 is 19.1 Å². The van der Waals surface area contributed by atoms with Crippen LogP contribution in [0.2, 0.25) is 5.02 Å². The van der Waals surface area contributed by atoms with Gasteiger partial charge in [-0.1, -0.05) is 58.2 Å². The van der Waals surface area contributed by atoms with E-state index in [1.54, 1.807) is 6.07 Å². The van der Waals surface area contributed by atoms with Crippen molar-refractivity contribution in [2.45, 2.75) is 91.3 Å². The molecular formula is C37H53ClN2O5S. The maximum atomic E-state index is 13.4. The van der Waals surface area contributed by atoms with E-state index in [9.17, 15) is 9.00 Å². The number of hydrogen-bond donors (Lipinski definition) is 1. The zero-order chi connectivity index (χ0) is 32.6. The molecule has 46 heavy (non-hydrogen) atoms. The van der Waals surface area contributed by atoms with Gasteiger partial charge in [0, 0.05) is 41.8 Å². The van der Waals surface area contributed by atoms with E-state index in [1.807, 2.05) is 18.2 Å². The number of rotatable bonds is 14. The molecule has 2 aromatic carbocycles. The minimum Gasteiger partial charge on any atom is -0.491 e. The molecule has 1 aliphatic carbocycles. The zero-order valence-corrected chi connectivity index (χ0v) is 29.7. The molecule has 1 N–H and O–H groups in total. The maximum Gasteiger partial charge on any atom is 0.263 e. The summed E-state index contributed by atoms with van der Waals surface area (Å²) in [6.45, 7) is 12.3. The summed E-state index contributed by atoms with van der Waals surface area (Å²) >= 11 is 6.47. The Hall–Kier alpha value is -2.13. The van der Waals surface area contributed by atoms with Crippen LogP contribution in [0.4, 0.5) is 5.69 Å². The van der Waals surface area contributed by atoms with Crippen LogP contribution in [0.5, 0.6) is 5.75 Å². The van der Waals surface area contributed by atoms with Crippen molar-refractivity contribution in [3.8, 4) is 5.75 Å². The third-order valence-corrected chi connectivity index (χ3v) is 11.9. The van der Waals surface area contributed by atoms with Gasteiger partial charge in [-0.25, -0.2) is 4.21 Å². The SMILES string of the molecule is CCCCc1cc(Cl)ccc1C1COc2ccc(C(=O)NS(=O)CC(C)[C@@H](C)CC)cc2N(CC2CCC2CC2OCCCO2)C1. The normalized spacial score (nSPS) is 23.8. The van der Waals surface area contributed by atoms with Gasteiger partial charge in [-0.3, -0.25) is 9.52 Å². The van der Waals surface area contributed by atoms with Crippen LogP contribution in [0.1, 0.15) is 100 Å². The second-order valence-electron chi connectivity index (χ2n) is 13.7. The molecule has 1 saturated carbocycles. The number of nitrogens with zero attached hydrogens (tertiary/aromatic N) is 1. The fraction of sp³-hybridized carbons (Fsp3) is 0.649. The van der Waals surface area contributed by atoms with Crippen molar-refractivity contribution in [1.82, 2.24) is 4.72 Å². The lowest BCUT2D eigenvalue weighted by Gasteiger charge is -2.42. The Morgan fingerprint density at radius 1 is 1.07 bits per heavy atom. The van der Waals surface area contributed by atoms with Crippen LogP contribution in [0.15, 0.2) is 36.4 Å². The van der Waals surface area contributed by atoms with E-state index in [1.165, 1.54) is 17.5 Å². The summed E-state index contributed by atoms with van der Waals surface area (Å²) in [7, 11) is -1.44. The van der Waals surface area contributed by atoms with Gasteiger partial charge in [0.25, 0.3) is 5.91 Å². The van der Waals surface area contributed by atoms with Crippen molar-refractivity contribution in [1.29, 1.82) is 0 Å². The number of nitrogens with one attached hydrogen (secondary N) is 1. The number of unbranched alkanes of at least 4 members (excludes halogenated alkanes) is 1. The minimum absolute atomic E-state index is 0.108. The third kappa shape index (κ3) is 9.06. The molecule has 1 amide bonds. The Morgan fingerprint density at radius 3 is 2.57 bits per heavy atom. The molecule has 5 unspecified atom stereocenters. The molecule has 2 heterocycles. The number of carbonyl (C=O) groups excluding carboxylic acids is 1. The van der Waals surface area contributed by atoms with Gasteiger partial charge in [-0.15, -0.1) is 0 Å². The molecule has 2 fully saturated rings. The highest BCUT2D eigenvalue weighted by atomic mass is 35.5. The number of hydrogen-bond acceptors (Lipinski definition) is 6. The smallest absolute Gasteiger partial charge is 0.263 e. The van der Waals surface area contributed by atoms with Crippen molar-refractivity contribution in [3.05, 3.63) is 58.1 Å². The van der Waals surface area contributed by atoms with Crippen LogP contribution in [0.25, 0.3) is 0 Å². The summed E-state index contributed by atoms with van der Waals surface area (Å²) in [4.78, 5) is 15.8. The first kappa shape index (κ1) is 35.2. The number of halogens is 1. The molecule has 2 aromatic rings. The standard InChI is InChI=1S/C37H53ClN2O5S/c1-5-7-9-28-18-32(38)13-14-33(28)31-22-40(21-30-11-10-27(30)20-36-43-16-8-17-44-36)34-19-29(12-15-35(34)45-23-31)37(41)39-46(42)24-26(4)25(3)6-2/h12-15,18-19,25-27,30-31,36H,5-11,16-17,20-24H2,1-4H3,(H,39,41)/t25-,26?,27?,30?,31?,46?/m0/s1. The van der Waals surface area contributed by atoms with Gasteiger partial charge in [0.1, 0.15) is 16.7 Å². The molecule has 7 nitrogen and oxygen atoms in total. The first-order chi connectivity index (χ1) is 22.2. The number of amides is 1. The number of carbonyl (C=O) groups is 1. The quantitative estimate of drug-likeness (QED) is 0.220. The number of anilines is 1. The van der Waals surface area contributed by atoms with Crippen molar-refractivity contribution >= 4 is 34.2 Å². The highest BCUT2D eigenvalue weighted by molar-refractivity contribution is 7.83. The van der Waals surface area contributed by atoms with Gasteiger partial charge in [-0.2, -0.15) is 0 Å². The van der Waals surface area contributed by atoms with Crippen molar-refractivity contribution < 1.29 is 23.2 Å². The Balaban J connectivity index is 1.38. The second kappa shape index (κ2) is 16.8. The second-order valence-corrected chi connectivity index (χ2v) is 15.4. The maximum absolute atomic E-state index is 13.4. The molecule has 3 aliphatic rings. The molecule has 2 aliphatic heterocycles. The van der Waals surface area contributed by atoms with E-state index in [0.29, 0.717) is 35.7 Å². The van der Waals surface area contributed by atoms with E-state index in [4.69, 9.17) is 25.8 Å². The van der Waals surface area contributed by atoms with Crippen LogP contribution < -0.4 is 14.4 Å². The molecule has 5 rings (SSSR count). The molecule has 0 aromatic heterocycles. The summed E-state index contributed by atoms with van der Waals surface area (Å²) in [5.74, 6) is 2.79. The molecular weight excluding hydrogens is 620 g/mol. The van der Waals surface area contributed by atoms with E-state index >= 15 is 0 Å². The summed E-state index contributed by atoms with van der Waals surface area (Å²) in [6, 6.07) is 11.9. The topological polar surface area (TPSA) is 77.1 Å². The van der Waals surface area contributed by atoms with E-state index in [0.717, 1.165) is 87.7 Å². The van der Waals surface area contributed by atoms with Crippen molar-refractivity contribution in [2.24, 2.45) is 23.7 Å². The summed E-state index contributed by atoms with van der Waals surface area (Å²) in [5.41, 5.74) is 4.00. The van der Waals surface area contributed by atoms with Crippen LogP contribution >= 0.6 is 11.6 Å². The third-order valence-electron chi connectivity index (χ3n) is 10.4. The van der Waals surface area contributed by atoms with Crippen LogP contribution in [0.3, 0.4) is 0 Å². The van der Waals surface area contributed by atoms with Gasteiger partial charge >= 0.3 is 0 Å². The molecule has 0 spiro atoms. The number of ether oxygens (including phenoxy) is 3. The first-order valence-corrected chi connectivity index (χ1v) is 19.2. The average molecular weight is 673 g/mol. The van der Waals surface area contributed by atoms with Crippen molar-refractivity contribution in [2.75, 3.05) is 43.6 Å². The fourth-order valence-electron chi connectivity index (χ4n) is 6.95. The minimum atomic E-state index is -1.44. The lowest BCUT2D eigenvalue weighted by molar-refractivity contribution is -0.192. The summed E-state index contributed by atoms with van der Waals surface area (Å²) < 4.78 is 34.0. The highest BCUT2D eigenvalue weighted by Gasteiger charge is 2.37. The number of fused-ring (bicyclic) bond motifs is 1. The van der Waals surface area contributed by atoms with Gasteiger partial charge in [0.2, 0.25) is 0 Å². The van der Waals surface area contributed by atoms with Gasteiger partial charge in [0.15, 0.2) is 6.29 Å². The van der Waals surface area contributed by atoms with Crippen LogP contribution in [0, 0.1) is 23.7 Å². The Morgan fingerprint density at radius 2 is 1.85 bits per heavy atom. The number of aryl methyl sites for hydroxylation is 1. The largest absolute Gasteiger partial charge is 0.491 e. The van der Waals surface area contributed by atoms with E-state index in [-0.39, 0.29) is 24.0 Å². The summed E-state index contributed by atoms with van der Waals surface area (Å²) in [5, 5.41) is 0.764. The lowest BCUT2D eigenvalue weighted by atomic mass is 9.71. The number of benzene rings is 2. The Bertz CT molecular complexity index is 1330. The monoisotopic (exact) mass is 672 g/mol. The molecule has 0 radical (unpaired) electrons. The predicted octanol–water partition coefficient (Wildman–Crippen LogP) is 7.92. The first-order valence-electron chi connectivity index (χ1n) is 17.5. The zero-order valence-electron chi connectivity index (χ0n) is 28.1. The molecule has 6 atom stereocenters. The highest BCUT2D eigenvalue weighted by Crippen LogP contribution is 2.43. The van der Waals surface area contributed by atoms with Crippen LogP contribution in [-0.2, 0) is 26.9 Å². The molecule has 0 bridgehead atoms. The van der Waals surface area contributed by atoms with Crippen LogP contribution in [-0.4, -0.2) is 55.1 Å².